The molecule has 0 heterocycles. The fraction of sp³-hybridized carbons (Fsp3) is 0.889. The second kappa shape index (κ2) is 5.14. The van der Waals surface area contributed by atoms with Crippen molar-refractivity contribution in [3.63, 3.8) is 0 Å². The van der Waals surface area contributed by atoms with E-state index in [4.69, 9.17) is 20.9 Å². The summed E-state index contributed by atoms with van der Waals surface area (Å²) in [5.41, 5.74) is 4.07. The molecule has 1 aliphatic carbocycles. The number of nitrogens with two attached hydrogens (primary N) is 1. The molecule has 3 atom stereocenters. The van der Waals surface area contributed by atoms with Crippen LogP contribution in [-0.2, 0) is 4.79 Å². The average molecular weight is 231 g/mol. The lowest BCUT2D eigenvalue weighted by Gasteiger charge is -2.38. The fourth-order valence-electron chi connectivity index (χ4n) is 2.23. The summed E-state index contributed by atoms with van der Waals surface area (Å²) >= 11 is 0. The van der Waals surface area contributed by atoms with Crippen molar-refractivity contribution in [1.82, 2.24) is 0 Å². The zero-order valence-corrected chi connectivity index (χ0v) is 9.04. The van der Waals surface area contributed by atoms with E-state index in [-0.39, 0.29) is 18.7 Å². The van der Waals surface area contributed by atoms with Gasteiger partial charge in [0.1, 0.15) is 5.54 Å². The highest BCUT2D eigenvalue weighted by atomic mass is 16.4. The fourth-order valence-corrected chi connectivity index (χ4v) is 2.23. The Morgan fingerprint density at radius 2 is 2.06 bits per heavy atom. The predicted octanol–water partition coefficient (Wildman–Crippen LogP) is -1.21. The van der Waals surface area contributed by atoms with Gasteiger partial charge in [-0.15, -0.1) is 0 Å². The largest absolute Gasteiger partial charge is 0.480 e. The molecule has 0 radical (unpaired) electrons. The maximum atomic E-state index is 11.0. The van der Waals surface area contributed by atoms with Gasteiger partial charge in [0, 0.05) is 0 Å². The maximum Gasteiger partial charge on any atom is 0.451 e. The molecule has 0 saturated heterocycles. The van der Waals surface area contributed by atoms with Gasteiger partial charge in [0.05, 0.1) is 6.10 Å². The summed E-state index contributed by atoms with van der Waals surface area (Å²) in [6.45, 7) is 0. The highest BCUT2D eigenvalue weighted by Gasteiger charge is 2.46. The molecule has 0 aromatic heterocycles. The molecule has 0 unspecified atom stereocenters. The number of hydrogen-bond acceptors (Lipinski definition) is 5. The van der Waals surface area contributed by atoms with Crippen LogP contribution in [-0.4, -0.2) is 45.0 Å². The topological polar surface area (TPSA) is 124 Å². The minimum atomic E-state index is -1.59. The van der Waals surface area contributed by atoms with E-state index < -0.39 is 24.7 Å². The van der Waals surface area contributed by atoms with E-state index in [9.17, 15) is 9.90 Å². The van der Waals surface area contributed by atoms with E-state index in [0.29, 0.717) is 19.3 Å². The molecular weight excluding hydrogens is 213 g/mol. The van der Waals surface area contributed by atoms with Crippen molar-refractivity contribution >= 4 is 13.1 Å². The molecule has 16 heavy (non-hydrogen) atoms. The monoisotopic (exact) mass is 231 g/mol. The maximum absolute atomic E-state index is 11.0. The first-order valence-corrected chi connectivity index (χ1v) is 5.42. The average Bonchev–Trinajstić information content (AvgIpc) is 2.19. The quantitative estimate of drug-likeness (QED) is 0.387. The van der Waals surface area contributed by atoms with E-state index in [1.165, 1.54) is 0 Å². The van der Waals surface area contributed by atoms with Gasteiger partial charge in [0.25, 0.3) is 0 Å². The Hall–Kier alpha value is -0.625. The van der Waals surface area contributed by atoms with Crippen LogP contribution in [0, 0.1) is 5.92 Å². The van der Waals surface area contributed by atoms with Crippen LogP contribution in [0.3, 0.4) is 0 Å². The van der Waals surface area contributed by atoms with Gasteiger partial charge in [-0.2, -0.15) is 0 Å². The molecule has 7 heteroatoms. The molecule has 0 aromatic rings. The molecule has 1 rings (SSSR count). The van der Waals surface area contributed by atoms with Crippen molar-refractivity contribution in [2.24, 2.45) is 11.7 Å². The molecule has 0 bridgehead atoms. The Morgan fingerprint density at radius 1 is 1.44 bits per heavy atom. The van der Waals surface area contributed by atoms with E-state index >= 15 is 0 Å². The first-order valence-electron chi connectivity index (χ1n) is 5.42. The van der Waals surface area contributed by atoms with E-state index in [1.807, 2.05) is 0 Å². The van der Waals surface area contributed by atoms with Gasteiger partial charge < -0.3 is 26.0 Å². The molecule has 0 spiro atoms. The van der Waals surface area contributed by atoms with Gasteiger partial charge in [0.2, 0.25) is 0 Å². The number of aliphatic carboxylic acids is 1. The van der Waals surface area contributed by atoms with Gasteiger partial charge in [-0.3, -0.25) is 4.79 Å². The van der Waals surface area contributed by atoms with Crippen molar-refractivity contribution in [1.29, 1.82) is 0 Å². The second-order valence-electron chi connectivity index (χ2n) is 4.57. The third-order valence-electron chi connectivity index (χ3n) is 3.30. The molecule has 92 valence electrons. The first-order chi connectivity index (χ1) is 7.36. The minimum absolute atomic E-state index is 0.0197. The van der Waals surface area contributed by atoms with Crippen molar-refractivity contribution in [3.8, 4) is 0 Å². The minimum Gasteiger partial charge on any atom is -0.480 e. The SMILES string of the molecule is N[C@]1(C(=O)O)C[C@@H](CCB(O)O)CC[C@@H]1O. The standard InChI is InChI=1S/C9H18BNO5/c11-9(8(13)14)5-6(1-2-7(9)12)3-4-10(15)16/h6-7,12,15-16H,1-5,11H2,(H,13,14)/t6-,7+,9-/m1/s1. The van der Waals surface area contributed by atoms with Crippen molar-refractivity contribution in [3.05, 3.63) is 0 Å². The Bertz CT molecular complexity index is 262. The molecule has 0 aromatic carbocycles. The van der Waals surface area contributed by atoms with Crippen LogP contribution >= 0.6 is 0 Å². The number of aliphatic hydroxyl groups is 1. The summed E-state index contributed by atoms with van der Waals surface area (Å²) in [6.07, 6.45) is 0.874. The number of rotatable bonds is 4. The summed E-state index contributed by atoms with van der Waals surface area (Å²) in [7, 11) is -1.37. The lowest BCUT2D eigenvalue weighted by Crippen LogP contribution is -2.60. The van der Waals surface area contributed by atoms with E-state index in [2.05, 4.69) is 0 Å². The molecule has 1 saturated carbocycles. The number of carbonyl (C=O) groups is 1. The Kier molecular flexibility index (Phi) is 4.31. The molecule has 1 fully saturated rings. The third-order valence-corrected chi connectivity index (χ3v) is 3.30. The number of aliphatic hydroxyl groups excluding tert-OH is 1. The molecular formula is C9H18BNO5. The van der Waals surface area contributed by atoms with Crippen LogP contribution in [0.5, 0.6) is 0 Å². The summed E-state index contributed by atoms with van der Waals surface area (Å²) in [6, 6.07) is 0. The zero-order chi connectivity index (χ0) is 12.3. The molecule has 1 aliphatic rings. The van der Waals surface area contributed by atoms with E-state index in [0.717, 1.165) is 0 Å². The van der Waals surface area contributed by atoms with Crippen molar-refractivity contribution in [2.75, 3.05) is 0 Å². The number of hydrogen-bond donors (Lipinski definition) is 5. The summed E-state index contributed by atoms with van der Waals surface area (Å²) in [4.78, 5) is 11.0. The molecule has 6 N–H and O–H groups in total. The smallest absolute Gasteiger partial charge is 0.451 e. The Balaban J connectivity index is 2.57. The summed E-state index contributed by atoms with van der Waals surface area (Å²) in [5.74, 6) is -1.18. The van der Waals surface area contributed by atoms with Crippen LogP contribution < -0.4 is 5.73 Å². The van der Waals surface area contributed by atoms with Gasteiger partial charge in [0.15, 0.2) is 0 Å². The van der Waals surface area contributed by atoms with Gasteiger partial charge in [-0.25, -0.2) is 0 Å². The first kappa shape index (κ1) is 13.4. The third kappa shape index (κ3) is 2.94. The van der Waals surface area contributed by atoms with Crippen LogP contribution in [0.1, 0.15) is 25.7 Å². The van der Waals surface area contributed by atoms with Gasteiger partial charge >= 0.3 is 13.1 Å². The Labute approximate surface area is 94.2 Å². The number of carboxylic acids is 1. The van der Waals surface area contributed by atoms with E-state index in [1.54, 1.807) is 0 Å². The highest BCUT2D eigenvalue weighted by Crippen LogP contribution is 2.34. The highest BCUT2D eigenvalue weighted by molar-refractivity contribution is 6.40. The number of carboxylic acid groups (broad SMARTS) is 1. The lowest BCUT2D eigenvalue weighted by molar-refractivity contribution is -0.151. The second-order valence-corrected chi connectivity index (χ2v) is 4.57. The normalized spacial score (nSPS) is 34.8. The predicted molar refractivity (Wildman–Crippen MR) is 57.5 cm³/mol. The lowest BCUT2D eigenvalue weighted by atomic mass is 9.70. The van der Waals surface area contributed by atoms with Crippen molar-refractivity contribution in [2.45, 2.75) is 43.6 Å². The van der Waals surface area contributed by atoms with Crippen LogP contribution in [0.2, 0.25) is 6.32 Å². The van der Waals surface area contributed by atoms with Gasteiger partial charge in [-0.05, 0) is 31.5 Å². The van der Waals surface area contributed by atoms with Crippen LogP contribution in [0.4, 0.5) is 0 Å². The van der Waals surface area contributed by atoms with Crippen LogP contribution in [0.25, 0.3) is 0 Å². The summed E-state index contributed by atoms with van der Waals surface area (Å²) < 4.78 is 0. The molecule has 6 nitrogen and oxygen atoms in total. The van der Waals surface area contributed by atoms with Crippen molar-refractivity contribution < 1.29 is 25.1 Å². The Morgan fingerprint density at radius 3 is 2.56 bits per heavy atom. The van der Waals surface area contributed by atoms with Crippen LogP contribution in [0.15, 0.2) is 0 Å². The molecule has 0 aliphatic heterocycles. The van der Waals surface area contributed by atoms with Gasteiger partial charge in [-0.1, -0.05) is 6.42 Å². The molecule has 0 amide bonds. The zero-order valence-electron chi connectivity index (χ0n) is 9.04. The summed E-state index contributed by atoms with van der Waals surface area (Å²) in [5, 5.41) is 36.0.